The minimum absolute atomic E-state index is 0.0355. The number of hydrogen-bond donors (Lipinski definition) is 1. The first-order chi connectivity index (χ1) is 11.2. The van der Waals surface area contributed by atoms with E-state index in [-0.39, 0.29) is 18.0 Å². The molecule has 2 aromatic rings. The smallest absolute Gasteiger partial charge is 0.255 e. The largest absolute Gasteiger partial charge is 0.378 e. The van der Waals surface area contributed by atoms with Crippen molar-refractivity contribution in [2.75, 3.05) is 26.3 Å². The molecule has 122 valence electrons. The van der Waals surface area contributed by atoms with Crippen LogP contribution in [0.3, 0.4) is 0 Å². The fourth-order valence-corrected chi connectivity index (χ4v) is 3.57. The third-order valence-electron chi connectivity index (χ3n) is 4.88. The first kappa shape index (κ1) is 14.6. The van der Waals surface area contributed by atoms with Gasteiger partial charge >= 0.3 is 0 Å². The van der Waals surface area contributed by atoms with Gasteiger partial charge in [-0.15, -0.1) is 0 Å². The van der Waals surface area contributed by atoms with Gasteiger partial charge in [-0.2, -0.15) is 5.10 Å². The molecule has 0 saturated carbocycles. The highest BCUT2D eigenvalue weighted by molar-refractivity contribution is 5.95. The highest BCUT2D eigenvalue weighted by Gasteiger charge is 2.35. The summed E-state index contributed by atoms with van der Waals surface area (Å²) in [6.07, 6.45) is 5.78. The second-order valence-electron chi connectivity index (χ2n) is 6.29. The lowest BCUT2D eigenvalue weighted by atomic mass is 10.1. The Morgan fingerprint density at radius 2 is 2.17 bits per heavy atom. The van der Waals surface area contributed by atoms with Gasteiger partial charge in [0.1, 0.15) is 0 Å². The lowest BCUT2D eigenvalue weighted by Crippen LogP contribution is -2.50. The maximum absolute atomic E-state index is 12.7. The molecule has 4 rings (SSSR count). The van der Waals surface area contributed by atoms with Gasteiger partial charge in [0.05, 0.1) is 42.8 Å². The van der Waals surface area contributed by atoms with Gasteiger partial charge in [-0.25, -0.2) is 9.50 Å². The maximum atomic E-state index is 12.7. The van der Waals surface area contributed by atoms with E-state index in [1.54, 1.807) is 16.9 Å². The summed E-state index contributed by atoms with van der Waals surface area (Å²) in [5, 5.41) is 7.35. The maximum Gasteiger partial charge on any atom is 0.255 e. The van der Waals surface area contributed by atoms with Crippen molar-refractivity contribution >= 4 is 11.6 Å². The number of aromatic nitrogens is 3. The minimum Gasteiger partial charge on any atom is -0.378 e. The highest BCUT2D eigenvalue weighted by Crippen LogP contribution is 2.19. The average molecular weight is 315 g/mol. The van der Waals surface area contributed by atoms with Crippen LogP contribution in [0.15, 0.2) is 18.5 Å². The number of aryl methyl sites for hydroxylation is 1. The summed E-state index contributed by atoms with van der Waals surface area (Å²) in [5.74, 6) is -0.105. The predicted octanol–water partition coefficient (Wildman–Crippen LogP) is 0.631. The van der Waals surface area contributed by atoms with Crippen LogP contribution in [0.2, 0.25) is 0 Å². The molecule has 2 aliphatic heterocycles. The van der Waals surface area contributed by atoms with Crippen LogP contribution in [0.25, 0.3) is 5.65 Å². The molecule has 1 amide bonds. The summed E-state index contributed by atoms with van der Waals surface area (Å²) >= 11 is 0. The Morgan fingerprint density at radius 3 is 3.00 bits per heavy atom. The molecular formula is C16H21N5O2. The number of nitrogens with one attached hydrogen (secondary N) is 1. The van der Waals surface area contributed by atoms with Crippen LogP contribution in [-0.4, -0.2) is 63.8 Å². The number of rotatable bonds is 3. The number of hydrogen-bond acceptors (Lipinski definition) is 5. The summed E-state index contributed by atoms with van der Waals surface area (Å²) in [6.45, 7) is 5.35. The Hall–Kier alpha value is -1.99. The number of amides is 1. The van der Waals surface area contributed by atoms with E-state index < -0.39 is 0 Å². The Morgan fingerprint density at radius 1 is 1.35 bits per heavy atom. The lowest BCUT2D eigenvalue weighted by Gasteiger charge is -2.28. The van der Waals surface area contributed by atoms with E-state index in [0.717, 1.165) is 24.4 Å². The van der Waals surface area contributed by atoms with Crippen molar-refractivity contribution in [1.29, 1.82) is 0 Å². The van der Waals surface area contributed by atoms with Crippen LogP contribution in [0.1, 0.15) is 28.9 Å². The standard InChI is InChI=1S/C16H21N5O2/c1-11-12(8-17-15-4-5-18-21(11)15)16(22)19-13-9-23-10-14(13)20-6-2-3-7-20/h4-5,8,13-14H,2-3,6-7,9-10H2,1H3,(H,19,22)/t13-,14-/m0/s1. The average Bonchev–Trinajstić information content (AvgIpc) is 3.28. The van der Waals surface area contributed by atoms with E-state index in [2.05, 4.69) is 20.3 Å². The normalized spacial score (nSPS) is 25.3. The van der Waals surface area contributed by atoms with E-state index in [9.17, 15) is 4.79 Å². The Kier molecular flexibility index (Phi) is 3.74. The number of likely N-dealkylation sites (tertiary alicyclic amines) is 1. The third kappa shape index (κ3) is 2.60. The van der Waals surface area contributed by atoms with Crippen LogP contribution in [0, 0.1) is 6.92 Å². The van der Waals surface area contributed by atoms with Gasteiger partial charge in [0.15, 0.2) is 5.65 Å². The second kappa shape index (κ2) is 5.90. The van der Waals surface area contributed by atoms with Gasteiger partial charge in [-0.05, 0) is 32.9 Å². The van der Waals surface area contributed by atoms with Crippen molar-refractivity contribution in [2.45, 2.75) is 31.8 Å². The SMILES string of the molecule is Cc1c(C(=O)N[C@H]2COC[C@@H]2N2CCCC2)cnc2ccnn12. The van der Waals surface area contributed by atoms with E-state index in [4.69, 9.17) is 4.74 Å². The highest BCUT2D eigenvalue weighted by atomic mass is 16.5. The zero-order chi connectivity index (χ0) is 15.8. The molecule has 4 heterocycles. The number of carbonyl (C=O) groups excluding carboxylic acids is 1. The van der Waals surface area contributed by atoms with Crippen molar-refractivity contribution < 1.29 is 9.53 Å². The Balaban J connectivity index is 1.53. The lowest BCUT2D eigenvalue weighted by molar-refractivity contribution is 0.0915. The van der Waals surface area contributed by atoms with Gasteiger partial charge in [-0.1, -0.05) is 0 Å². The molecule has 0 aliphatic carbocycles. The second-order valence-corrected chi connectivity index (χ2v) is 6.29. The van der Waals surface area contributed by atoms with Gasteiger partial charge in [-0.3, -0.25) is 9.69 Å². The van der Waals surface area contributed by atoms with E-state index in [1.165, 1.54) is 12.8 Å². The van der Waals surface area contributed by atoms with E-state index in [1.807, 2.05) is 13.0 Å². The molecule has 2 aromatic heterocycles. The number of ether oxygens (including phenoxy) is 1. The van der Waals surface area contributed by atoms with Gasteiger partial charge in [0.2, 0.25) is 0 Å². The zero-order valence-corrected chi connectivity index (χ0v) is 13.2. The van der Waals surface area contributed by atoms with Crippen molar-refractivity contribution in [3.63, 3.8) is 0 Å². The summed E-state index contributed by atoms with van der Waals surface area (Å²) in [4.78, 5) is 19.4. The summed E-state index contributed by atoms with van der Waals surface area (Å²) in [7, 11) is 0. The minimum atomic E-state index is -0.105. The predicted molar refractivity (Wildman–Crippen MR) is 84.4 cm³/mol. The molecule has 2 aliphatic rings. The van der Waals surface area contributed by atoms with Crippen LogP contribution >= 0.6 is 0 Å². The molecule has 23 heavy (non-hydrogen) atoms. The molecule has 7 heteroatoms. The fraction of sp³-hybridized carbons (Fsp3) is 0.562. The first-order valence-corrected chi connectivity index (χ1v) is 8.16. The fourth-order valence-electron chi connectivity index (χ4n) is 3.57. The molecule has 0 spiro atoms. The zero-order valence-electron chi connectivity index (χ0n) is 13.2. The molecule has 0 radical (unpaired) electrons. The third-order valence-corrected chi connectivity index (χ3v) is 4.88. The van der Waals surface area contributed by atoms with Gasteiger partial charge in [0, 0.05) is 12.3 Å². The quantitative estimate of drug-likeness (QED) is 0.899. The Bertz CT molecular complexity index is 722. The van der Waals surface area contributed by atoms with Crippen LogP contribution in [0.5, 0.6) is 0 Å². The topological polar surface area (TPSA) is 71.8 Å². The molecule has 0 aromatic carbocycles. The van der Waals surface area contributed by atoms with Crippen LogP contribution < -0.4 is 5.32 Å². The number of nitrogens with zero attached hydrogens (tertiary/aromatic N) is 4. The molecule has 2 saturated heterocycles. The molecule has 0 unspecified atom stereocenters. The molecular weight excluding hydrogens is 294 g/mol. The van der Waals surface area contributed by atoms with Gasteiger partial charge in [0.25, 0.3) is 5.91 Å². The van der Waals surface area contributed by atoms with Crippen molar-refractivity contribution in [1.82, 2.24) is 24.8 Å². The monoisotopic (exact) mass is 315 g/mol. The summed E-state index contributed by atoms with van der Waals surface area (Å²) in [6, 6.07) is 2.14. The molecule has 2 fully saturated rings. The van der Waals surface area contributed by atoms with Crippen molar-refractivity contribution in [2.24, 2.45) is 0 Å². The summed E-state index contributed by atoms with van der Waals surface area (Å²) in [5.41, 5.74) is 2.11. The van der Waals surface area contributed by atoms with Crippen LogP contribution in [-0.2, 0) is 4.74 Å². The number of carbonyl (C=O) groups is 1. The molecule has 7 nitrogen and oxygen atoms in total. The van der Waals surface area contributed by atoms with E-state index >= 15 is 0 Å². The van der Waals surface area contributed by atoms with E-state index in [0.29, 0.717) is 18.8 Å². The molecule has 1 N–H and O–H groups in total. The Labute approximate surface area is 134 Å². The van der Waals surface area contributed by atoms with Crippen LogP contribution in [0.4, 0.5) is 0 Å². The molecule has 2 atom stereocenters. The van der Waals surface area contributed by atoms with Crippen molar-refractivity contribution in [3.05, 3.63) is 29.7 Å². The number of fused-ring (bicyclic) bond motifs is 1. The first-order valence-electron chi connectivity index (χ1n) is 8.16. The molecule has 0 bridgehead atoms. The van der Waals surface area contributed by atoms with Crippen molar-refractivity contribution in [3.8, 4) is 0 Å². The summed E-state index contributed by atoms with van der Waals surface area (Å²) < 4.78 is 7.31. The van der Waals surface area contributed by atoms with Gasteiger partial charge < -0.3 is 10.1 Å².